The van der Waals surface area contributed by atoms with E-state index in [0.29, 0.717) is 5.69 Å². The van der Waals surface area contributed by atoms with Gasteiger partial charge in [0.2, 0.25) is 15.9 Å². The molecule has 138 valence electrons. The first-order valence-electron chi connectivity index (χ1n) is 8.35. The van der Waals surface area contributed by atoms with Gasteiger partial charge < -0.3 is 16.0 Å². The van der Waals surface area contributed by atoms with Crippen molar-refractivity contribution in [2.45, 2.75) is 30.7 Å². The van der Waals surface area contributed by atoms with Gasteiger partial charge in [-0.05, 0) is 61.7 Å². The highest BCUT2D eigenvalue weighted by molar-refractivity contribution is 7.89. The molecule has 1 atom stereocenters. The minimum absolute atomic E-state index is 0.00369. The lowest BCUT2D eigenvalue weighted by molar-refractivity contribution is -0.117. The van der Waals surface area contributed by atoms with E-state index < -0.39 is 16.1 Å². The monoisotopic (exact) mass is 374 g/mol. The lowest BCUT2D eigenvalue weighted by Gasteiger charge is -2.36. The van der Waals surface area contributed by atoms with Crippen molar-refractivity contribution in [3.63, 3.8) is 0 Å². The van der Waals surface area contributed by atoms with Crippen LogP contribution in [0.2, 0.25) is 0 Å². The highest BCUT2D eigenvalue weighted by Gasteiger charge is 2.27. The number of nitrogens with one attached hydrogen (secondary N) is 1. The summed E-state index contributed by atoms with van der Waals surface area (Å²) >= 11 is 0. The molecule has 1 aliphatic heterocycles. The minimum Gasteiger partial charge on any atom is -0.398 e. The molecule has 2 aromatic carbocycles. The molecule has 1 aliphatic rings. The summed E-state index contributed by atoms with van der Waals surface area (Å²) in [5.74, 6) is -0.177. The lowest BCUT2D eigenvalue weighted by atomic mass is 9.98. The van der Waals surface area contributed by atoms with Crippen molar-refractivity contribution in [3.05, 3.63) is 48.0 Å². The number of nitrogen functional groups attached to an aromatic ring is 1. The predicted octanol–water partition coefficient (Wildman–Crippen LogP) is 1.70. The topological polar surface area (TPSA) is 119 Å². The number of primary sulfonamides is 1. The largest absolute Gasteiger partial charge is 0.398 e. The van der Waals surface area contributed by atoms with Crippen molar-refractivity contribution in [1.29, 1.82) is 0 Å². The number of hydrogen-bond acceptors (Lipinski definition) is 5. The maximum Gasteiger partial charge on any atom is 0.246 e. The van der Waals surface area contributed by atoms with Crippen molar-refractivity contribution < 1.29 is 13.2 Å². The Morgan fingerprint density at radius 3 is 2.54 bits per heavy atom. The van der Waals surface area contributed by atoms with Gasteiger partial charge in [0.25, 0.3) is 0 Å². The number of sulfonamides is 1. The van der Waals surface area contributed by atoms with Gasteiger partial charge in [-0.15, -0.1) is 0 Å². The molecule has 1 heterocycles. The summed E-state index contributed by atoms with van der Waals surface area (Å²) in [5, 5.41) is 7.89. The molecule has 1 unspecified atom stereocenters. The van der Waals surface area contributed by atoms with Gasteiger partial charge in [-0.25, -0.2) is 13.6 Å². The third-order valence-corrected chi connectivity index (χ3v) is 5.55. The molecule has 7 nitrogen and oxygen atoms in total. The summed E-state index contributed by atoms with van der Waals surface area (Å²) in [6.07, 6.45) is 1.84. The van der Waals surface area contributed by atoms with Crippen molar-refractivity contribution in [2.24, 2.45) is 5.14 Å². The molecular weight excluding hydrogens is 352 g/mol. The van der Waals surface area contributed by atoms with E-state index in [4.69, 9.17) is 10.9 Å². The SMILES string of the molecule is CC(C(=O)Nc1ccc(S(N)(=O)=O)cc1)N1CCCc2c(N)cccc21. The maximum absolute atomic E-state index is 12.7. The Labute approximate surface area is 153 Å². The Kier molecular flexibility index (Phi) is 4.88. The Hall–Kier alpha value is -2.58. The van der Waals surface area contributed by atoms with Crippen LogP contribution in [-0.2, 0) is 21.2 Å². The fourth-order valence-electron chi connectivity index (χ4n) is 3.20. The fourth-order valence-corrected chi connectivity index (χ4v) is 3.71. The molecule has 3 rings (SSSR count). The van der Waals surface area contributed by atoms with Gasteiger partial charge in [-0.1, -0.05) is 6.07 Å². The third kappa shape index (κ3) is 3.66. The van der Waals surface area contributed by atoms with Gasteiger partial charge in [-0.2, -0.15) is 0 Å². The number of nitrogens with zero attached hydrogens (tertiary/aromatic N) is 1. The van der Waals surface area contributed by atoms with E-state index >= 15 is 0 Å². The summed E-state index contributed by atoms with van der Waals surface area (Å²) in [7, 11) is -3.75. The standard InChI is InChI=1S/C18H22N4O3S/c1-12(22-11-3-4-15-16(19)5-2-6-17(15)22)18(23)21-13-7-9-14(10-8-13)26(20,24)25/h2,5-10,12H,3-4,11,19H2,1H3,(H,21,23)(H2,20,24,25). The predicted molar refractivity (Wildman–Crippen MR) is 102 cm³/mol. The van der Waals surface area contributed by atoms with Gasteiger partial charge >= 0.3 is 0 Å². The first kappa shape index (κ1) is 18.2. The van der Waals surface area contributed by atoms with Crippen molar-refractivity contribution in [2.75, 3.05) is 22.5 Å². The molecule has 0 aliphatic carbocycles. The molecule has 0 fully saturated rings. The van der Waals surface area contributed by atoms with Crippen LogP contribution in [0.4, 0.5) is 17.1 Å². The third-order valence-electron chi connectivity index (χ3n) is 4.62. The molecular formula is C18H22N4O3S. The van der Waals surface area contributed by atoms with Crippen LogP contribution in [0.3, 0.4) is 0 Å². The first-order chi connectivity index (χ1) is 12.3. The number of amides is 1. The summed E-state index contributed by atoms with van der Waals surface area (Å²) in [4.78, 5) is 14.7. The van der Waals surface area contributed by atoms with Crippen molar-refractivity contribution >= 4 is 33.0 Å². The maximum atomic E-state index is 12.7. The van der Waals surface area contributed by atoms with Crippen LogP contribution in [0.15, 0.2) is 47.4 Å². The number of hydrogen-bond donors (Lipinski definition) is 3. The van der Waals surface area contributed by atoms with E-state index in [1.54, 1.807) is 0 Å². The summed E-state index contributed by atoms with van der Waals surface area (Å²) in [6.45, 7) is 2.61. The van der Waals surface area contributed by atoms with E-state index in [1.165, 1.54) is 24.3 Å². The zero-order chi connectivity index (χ0) is 18.9. The van der Waals surface area contributed by atoms with Crippen molar-refractivity contribution in [1.82, 2.24) is 0 Å². The second-order valence-corrected chi connectivity index (χ2v) is 7.94. The zero-order valence-electron chi connectivity index (χ0n) is 14.5. The van der Waals surface area contributed by atoms with E-state index in [2.05, 4.69) is 5.32 Å². The van der Waals surface area contributed by atoms with E-state index in [9.17, 15) is 13.2 Å². The Morgan fingerprint density at radius 2 is 1.88 bits per heavy atom. The van der Waals surface area contributed by atoms with Crippen LogP contribution >= 0.6 is 0 Å². The molecule has 1 amide bonds. The second-order valence-electron chi connectivity index (χ2n) is 6.38. The van der Waals surface area contributed by atoms with Crippen LogP contribution in [0.5, 0.6) is 0 Å². The zero-order valence-corrected chi connectivity index (χ0v) is 15.3. The van der Waals surface area contributed by atoms with Gasteiger partial charge in [0.05, 0.1) is 4.90 Å². The molecule has 26 heavy (non-hydrogen) atoms. The van der Waals surface area contributed by atoms with Crippen LogP contribution in [0.1, 0.15) is 18.9 Å². The number of anilines is 3. The van der Waals surface area contributed by atoms with Crippen LogP contribution in [0, 0.1) is 0 Å². The van der Waals surface area contributed by atoms with Crippen LogP contribution in [0.25, 0.3) is 0 Å². The van der Waals surface area contributed by atoms with Gasteiger partial charge in [-0.3, -0.25) is 4.79 Å². The van der Waals surface area contributed by atoms with Crippen LogP contribution < -0.4 is 21.1 Å². The fraction of sp³-hybridized carbons (Fsp3) is 0.278. The molecule has 0 spiro atoms. The highest BCUT2D eigenvalue weighted by Crippen LogP contribution is 2.32. The minimum atomic E-state index is -3.75. The molecule has 0 radical (unpaired) electrons. The average Bonchev–Trinajstić information content (AvgIpc) is 2.61. The van der Waals surface area contributed by atoms with Gasteiger partial charge in [0.15, 0.2) is 0 Å². The van der Waals surface area contributed by atoms with Gasteiger partial charge in [0.1, 0.15) is 6.04 Å². The average molecular weight is 374 g/mol. The second kappa shape index (κ2) is 6.97. The van der Waals surface area contributed by atoms with E-state index in [-0.39, 0.29) is 10.8 Å². The van der Waals surface area contributed by atoms with Crippen molar-refractivity contribution in [3.8, 4) is 0 Å². The molecule has 0 aromatic heterocycles. The Bertz CT molecular complexity index is 926. The molecule has 0 saturated heterocycles. The summed E-state index contributed by atoms with van der Waals surface area (Å²) < 4.78 is 22.6. The molecule has 5 N–H and O–H groups in total. The lowest BCUT2D eigenvalue weighted by Crippen LogP contribution is -2.44. The molecule has 2 aromatic rings. The first-order valence-corrected chi connectivity index (χ1v) is 9.90. The molecule has 0 saturated carbocycles. The summed E-state index contributed by atoms with van der Waals surface area (Å²) in [5.41, 5.74) is 9.40. The number of benzene rings is 2. The highest BCUT2D eigenvalue weighted by atomic mass is 32.2. The number of nitrogens with two attached hydrogens (primary N) is 2. The van der Waals surface area contributed by atoms with Gasteiger partial charge in [0, 0.05) is 23.6 Å². The number of fused-ring (bicyclic) bond motifs is 1. The number of rotatable bonds is 4. The van der Waals surface area contributed by atoms with Crippen LogP contribution in [-0.4, -0.2) is 26.9 Å². The number of carbonyl (C=O) groups excluding carboxylic acids is 1. The smallest absolute Gasteiger partial charge is 0.246 e. The summed E-state index contributed by atoms with van der Waals surface area (Å²) in [6, 6.07) is 11.1. The Balaban J connectivity index is 1.76. The molecule has 8 heteroatoms. The molecule has 0 bridgehead atoms. The quantitative estimate of drug-likeness (QED) is 0.704. The Morgan fingerprint density at radius 1 is 1.19 bits per heavy atom. The number of carbonyl (C=O) groups is 1. The van der Waals surface area contributed by atoms with E-state index in [0.717, 1.165) is 36.3 Å². The van der Waals surface area contributed by atoms with E-state index in [1.807, 2.05) is 30.0 Å². The normalized spacial score (nSPS) is 15.2.